The number of hydrogen-bond donors (Lipinski definition) is 1. The molecule has 1 heterocycles. The lowest BCUT2D eigenvalue weighted by Gasteiger charge is -2.11. The molecule has 0 spiro atoms. The van der Waals surface area contributed by atoms with Gasteiger partial charge in [0.05, 0.1) is 6.10 Å². The van der Waals surface area contributed by atoms with Crippen molar-refractivity contribution >= 4 is 21.4 Å². The third-order valence-electron chi connectivity index (χ3n) is 2.42. The van der Waals surface area contributed by atoms with Gasteiger partial charge in [-0.2, -0.15) is 0 Å². The molecule has 0 bridgehead atoms. The van der Waals surface area contributed by atoms with E-state index in [1.54, 1.807) is 6.07 Å². The van der Waals surface area contributed by atoms with Crippen LogP contribution < -0.4 is 0 Å². The Morgan fingerprint density at radius 1 is 1.27 bits per heavy atom. The maximum Gasteiger partial charge on any atom is 0.124 e. The molecule has 3 heteroatoms. The number of rotatable bonds is 2. The zero-order valence-corrected chi connectivity index (χ0v) is 9.51. The van der Waals surface area contributed by atoms with Crippen LogP contribution in [-0.4, -0.2) is 5.11 Å². The fourth-order valence-corrected chi connectivity index (χ4v) is 2.75. The standard InChI is InChI=1S/C12H13FOS/c1-7(2)12(14)11-5-8-3-4-9(13)6-10(8)15-11/h3-7,12,14H,1-2H3. The maximum absolute atomic E-state index is 12.9. The van der Waals surface area contributed by atoms with Crippen LogP contribution in [0.1, 0.15) is 24.8 Å². The normalized spacial score (nSPS) is 13.7. The van der Waals surface area contributed by atoms with Crippen molar-refractivity contribution in [1.29, 1.82) is 0 Å². The molecule has 1 aromatic heterocycles. The molecule has 2 aromatic rings. The number of aliphatic hydroxyl groups is 1. The summed E-state index contributed by atoms with van der Waals surface area (Å²) in [6.07, 6.45) is -0.453. The first-order valence-corrected chi connectivity index (χ1v) is 5.76. The molecule has 0 saturated heterocycles. The number of halogens is 1. The van der Waals surface area contributed by atoms with Gasteiger partial charge in [0.15, 0.2) is 0 Å². The Morgan fingerprint density at radius 3 is 2.67 bits per heavy atom. The molecule has 2 rings (SSSR count). The van der Waals surface area contributed by atoms with Gasteiger partial charge >= 0.3 is 0 Å². The van der Waals surface area contributed by atoms with Gasteiger partial charge in [-0.05, 0) is 29.5 Å². The highest BCUT2D eigenvalue weighted by Gasteiger charge is 2.14. The van der Waals surface area contributed by atoms with Gasteiger partial charge in [0, 0.05) is 9.58 Å². The summed E-state index contributed by atoms with van der Waals surface area (Å²) in [4.78, 5) is 0.908. The highest BCUT2D eigenvalue weighted by Crippen LogP contribution is 2.33. The summed E-state index contributed by atoms with van der Waals surface area (Å²) in [5.74, 6) is -0.0437. The second-order valence-corrected chi connectivity index (χ2v) is 5.14. The molecule has 1 aromatic carbocycles. The fraction of sp³-hybridized carbons (Fsp3) is 0.333. The van der Waals surface area contributed by atoms with Gasteiger partial charge in [0.25, 0.3) is 0 Å². The molecule has 0 radical (unpaired) electrons. The minimum atomic E-state index is -0.453. The van der Waals surface area contributed by atoms with Crippen molar-refractivity contribution in [2.24, 2.45) is 5.92 Å². The summed E-state index contributed by atoms with van der Waals surface area (Å²) in [7, 11) is 0. The van der Waals surface area contributed by atoms with Crippen LogP contribution in [0, 0.1) is 11.7 Å². The molecule has 15 heavy (non-hydrogen) atoms. The molecule has 0 aliphatic rings. The van der Waals surface area contributed by atoms with Crippen LogP contribution in [0.4, 0.5) is 4.39 Å². The van der Waals surface area contributed by atoms with E-state index in [1.165, 1.54) is 23.5 Å². The van der Waals surface area contributed by atoms with Gasteiger partial charge in [0.2, 0.25) is 0 Å². The predicted octanol–water partition coefficient (Wildman–Crippen LogP) is 3.73. The van der Waals surface area contributed by atoms with Gasteiger partial charge in [-0.25, -0.2) is 4.39 Å². The number of thiophene rings is 1. The Labute approximate surface area is 92.2 Å². The van der Waals surface area contributed by atoms with Crippen molar-refractivity contribution < 1.29 is 9.50 Å². The third-order valence-corrected chi connectivity index (χ3v) is 3.59. The van der Waals surface area contributed by atoms with E-state index in [4.69, 9.17) is 0 Å². The van der Waals surface area contributed by atoms with E-state index in [-0.39, 0.29) is 11.7 Å². The molecule has 0 aliphatic carbocycles. The molecule has 0 amide bonds. The van der Waals surface area contributed by atoms with Crippen molar-refractivity contribution in [2.45, 2.75) is 20.0 Å². The first-order valence-electron chi connectivity index (χ1n) is 4.95. The monoisotopic (exact) mass is 224 g/mol. The molecule has 1 atom stereocenters. The van der Waals surface area contributed by atoms with Crippen LogP contribution in [0.2, 0.25) is 0 Å². The fourth-order valence-electron chi connectivity index (χ4n) is 1.50. The Hall–Kier alpha value is -0.930. The van der Waals surface area contributed by atoms with Crippen molar-refractivity contribution in [3.8, 4) is 0 Å². The van der Waals surface area contributed by atoms with Gasteiger partial charge in [-0.3, -0.25) is 0 Å². The van der Waals surface area contributed by atoms with Crippen LogP contribution in [0.25, 0.3) is 10.1 Å². The first kappa shape index (κ1) is 10.6. The SMILES string of the molecule is CC(C)C(O)c1cc2ccc(F)cc2s1. The van der Waals surface area contributed by atoms with Gasteiger partial charge in [0.1, 0.15) is 5.82 Å². The predicted molar refractivity (Wildman–Crippen MR) is 61.6 cm³/mol. The van der Waals surface area contributed by atoms with Gasteiger partial charge < -0.3 is 5.11 Å². The number of hydrogen-bond acceptors (Lipinski definition) is 2. The van der Waals surface area contributed by atoms with E-state index >= 15 is 0 Å². The topological polar surface area (TPSA) is 20.2 Å². The quantitative estimate of drug-likeness (QED) is 0.824. The smallest absolute Gasteiger partial charge is 0.124 e. The molecule has 1 unspecified atom stereocenters. The Balaban J connectivity index is 2.47. The Bertz CT molecular complexity index is 475. The molecule has 1 N–H and O–H groups in total. The minimum absolute atomic E-state index is 0.183. The zero-order chi connectivity index (χ0) is 11.0. The third kappa shape index (κ3) is 2.03. The highest BCUT2D eigenvalue weighted by molar-refractivity contribution is 7.19. The number of benzene rings is 1. The molecule has 0 aliphatic heterocycles. The van der Waals surface area contributed by atoms with Crippen molar-refractivity contribution in [1.82, 2.24) is 0 Å². The minimum Gasteiger partial charge on any atom is -0.387 e. The Morgan fingerprint density at radius 2 is 2.00 bits per heavy atom. The Kier molecular flexibility index (Phi) is 2.76. The van der Waals surface area contributed by atoms with Crippen molar-refractivity contribution in [3.05, 3.63) is 35.0 Å². The number of fused-ring (bicyclic) bond motifs is 1. The van der Waals surface area contributed by atoms with E-state index in [1.807, 2.05) is 19.9 Å². The van der Waals surface area contributed by atoms with Crippen LogP contribution >= 0.6 is 11.3 Å². The summed E-state index contributed by atoms with van der Waals surface area (Å²) < 4.78 is 13.8. The largest absolute Gasteiger partial charge is 0.387 e. The molecule has 1 nitrogen and oxygen atoms in total. The summed E-state index contributed by atoms with van der Waals surface area (Å²) in [5.41, 5.74) is 0. The van der Waals surface area contributed by atoms with E-state index < -0.39 is 6.10 Å². The van der Waals surface area contributed by atoms with Gasteiger partial charge in [-0.1, -0.05) is 19.9 Å². The van der Waals surface area contributed by atoms with Crippen LogP contribution in [0.15, 0.2) is 24.3 Å². The van der Waals surface area contributed by atoms with Crippen LogP contribution in [0.3, 0.4) is 0 Å². The van der Waals surface area contributed by atoms with Gasteiger partial charge in [-0.15, -0.1) is 11.3 Å². The van der Waals surface area contributed by atoms with Crippen molar-refractivity contribution in [3.63, 3.8) is 0 Å². The maximum atomic E-state index is 12.9. The van der Waals surface area contributed by atoms with Crippen LogP contribution in [-0.2, 0) is 0 Å². The number of aliphatic hydroxyl groups excluding tert-OH is 1. The second-order valence-electron chi connectivity index (χ2n) is 4.02. The molecular weight excluding hydrogens is 211 g/mol. The molecule has 0 saturated carbocycles. The lowest BCUT2D eigenvalue weighted by Crippen LogP contribution is -2.02. The van der Waals surface area contributed by atoms with Crippen molar-refractivity contribution in [2.75, 3.05) is 0 Å². The lowest BCUT2D eigenvalue weighted by atomic mass is 10.1. The highest BCUT2D eigenvalue weighted by atomic mass is 32.1. The average Bonchev–Trinajstić information content (AvgIpc) is 2.58. The lowest BCUT2D eigenvalue weighted by molar-refractivity contribution is 0.130. The zero-order valence-electron chi connectivity index (χ0n) is 8.70. The van der Waals surface area contributed by atoms with E-state index in [9.17, 15) is 9.50 Å². The summed E-state index contributed by atoms with van der Waals surface area (Å²) in [6.45, 7) is 3.94. The van der Waals surface area contributed by atoms with E-state index in [0.717, 1.165) is 15.0 Å². The van der Waals surface area contributed by atoms with E-state index in [0.29, 0.717) is 0 Å². The summed E-state index contributed by atoms with van der Waals surface area (Å²) in [6, 6.07) is 6.64. The summed E-state index contributed by atoms with van der Waals surface area (Å²) in [5, 5.41) is 10.9. The van der Waals surface area contributed by atoms with E-state index in [2.05, 4.69) is 0 Å². The summed E-state index contributed by atoms with van der Waals surface area (Å²) >= 11 is 1.46. The van der Waals surface area contributed by atoms with Crippen LogP contribution in [0.5, 0.6) is 0 Å². The average molecular weight is 224 g/mol. The first-order chi connectivity index (χ1) is 7.08. The second kappa shape index (κ2) is 3.91. The molecular formula is C12H13FOS. The molecule has 0 fully saturated rings. The molecule has 80 valence electrons.